The molecule has 24 heavy (non-hydrogen) atoms. The standard InChI is InChI=1S/C22H39NO/c1-3-5-13-19-24-20-14-9-7-6-8-12-18-23-22-17-11-10-16-21(22)15-4-2/h10-11,16-17,23H,3-9,12-15,18-20H2,1-2H3. The second kappa shape index (κ2) is 15.5. The fourth-order valence-electron chi connectivity index (χ4n) is 3.00. The maximum atomic E-state index is 5.65. The van der Waals surface area contributed by atoms with Crippen molar-refractivity contribution in [2.24, 2.45) is 0 Å². The van der Waals surface area contributed by atoms with E-state index in [9.17, 15) is 0 Å². The molecule has 0 spiro atoms. The van der Waals surface area contributed by atoms with E-state index in [-0.39, 0.29) is 0 Å². The molecule has 0 saturated heterocycles. The maximum absolute atomic E-state index is 5.65. The highest BCUT2D eigenvalue weighted by molar-refractivity contribution is 5.51. The SMILES string of the molecule is CCCCCOCCCCCCCCNc1ccccc1CCC. The van der Waals surface area contributed by atoms with Gasteiger partial charge in [0.15, 0.2) is 0 Å². The largest absolute Gasteiger partial charge is 0.385 e. The van der Waals surface area contributed by atoms with Crippen molar-refractivity contribution < 1.29 is 4.74 Å². The van der Waals surface area contributed by atoms with Gasteiger partial charge in [-0.3, -0.25) is 0 Å². The van der Waals surface area contributed by atoms with Gasteiger partial charge in [0.1, 0.15) is 0 Å². The van der Waals surface area contributed by atoms with Crippen LogP contribution in [0.25, 0.3) is 0 Å². The molecule has 0 aliphatic rings. The summed E-state index contributed by atoms with van der Waals surface area (Å²) < 4.78 is 5.65. The van der Waals surface area contributed by atoms with E-state index in [0.717, 1.165) is 19.8 Å². The Balaban J connectivity index is 1.90. The zero-order valence-corrected chi connectivity index (χ0v) is 16.1. The first-order valence-electron chi connectivity index (χ1n) is 10.3. The molecule has 0 aliphatic carbocycles. The summed E-state index contributed by atoms with van der Waals surface area (Å²) in [6.07, 6.45) is 14.1. The number of benzene rings is 1. The summed E-state index contributed by atoms with van der Waals surface area (Å²) in [5.41, 5.74) is 2.79. The van der Waals surface area contributed by atoms with Crippen LogP contribution in [0.3, 0.4) is 0 Å². The molecule has 0 aromatic heterocycles. The summed E-state index contributed by atoms with van der Waals surface area (Å²) in [6, 6.07) is 8.73. The minimum Gasteiger partial charge on any atom is -0.385 e. The van der Waals surface area contributed by atoms with Crippen LogP contribution >= 0.6 is 0 Å². The second-order valence-corrected chi connectivity index (χ2v) is 6.77. The van der Waals surface area contributed by atoms with E-state index in [0.29, 0.717) is 0 Å². The van der Waals surface area contributed by atoms with Crippen LogP contribution in [0.5, 0.6) is 0 Å². The van der Waals surface area contributed by atoms with E-state index in [1.54, 1.807) is 0 Å². The molecule has 2 heteroatoms. The molecular weight excluding hydrogens is 294 g/mol. The van der Waals surface area contributed by atoms with Crippen molar-refractivity contribution in [1.82, 2.24) is 0 Å². The Morgan fingerprint density at radius 2 is 1.42 bits per heavy atom. The van der Waals surface area contributed by atoms with Gasteiger partial charge in [-0.1, -0.05) is 77.0 Å². The van der Waals surface area contributed by atoms with Gasteiger partial charge < -0.3 is 10.1 Å². The van der Waals surface area contributed by atoms with Gasteiger partial charge in [0, 0.05) is 25.4 Å². The van der Waals surface area contributed by atoms with Gasteiger partial charge in [0.05, 0.1) is 0 Å². The van der Waals surface area contributed by atoms with Crippen molar-refractivity contribution >= 4 is 5.69 Å². The Kier molecular flexibility index (Phi) is 13.6. The van der Waals surface area contributed by atoms with Crippen molar-refractivity contribution in [3.63, 3.8) is 0 Å². The summed E-state index contributed by atoms with van der Waals surface area (Å²) in [5.74, 6) is 0. The van der Waals surface area contributed by atoms with Gasteiger partial charge in [0.2, 0.25) is 0 Å². The molecule has 1 N–H and O–H groups in total. The van der Waals surface area contributed by atoms with Crippen LogP contribution < -0.4 is 5.32 Å². The minimum absolute atomic E-state index is 0.957. The predicted octanol–water partition coefficient (Wildman–Crippen LogP) is 6.60. The van der Waals surface area contributed by atoms with E-state index in [1.807, 2.05) is 0 Å². The lowest BCUT2D eigenvalue weighted by molar-refractivity contribution is 0.126. The molecule has 0 fully saturated rings. The second-order valence-electron chi connectivity index (χ2n) is 6.77. The van der Waals surface area contributed by atoms with E-state index < -0.39 is 0 Å². The van der Waals surface area contributed by atoms with Crippen LogP contribution in [0.2, 0.25) is 0 Å². The van der Waals surface area contributed by atoms with Gasteiger partial charge in [0.25, 0.3) is 0 Å². The maximum Gasteiger partial charge on any atom is 0.0466 e. The number of nitrogens with one attached hydrogen (secondary N) is 1. The normalized spacial score (nSPS) is 10.9. The lowest BCUT2D eigenvalue weighted by atomic mass is 10.1. The molecule has 2 nitrogen and oxygen atoms in total. The van der Waals surface area contributed by atoms with Crippen molar-refractivity contribution in [3.8, 4) is 0 Å². The first kappa shape index (κ1) is 21.0. The summed E-state index contributed by atoms with van der Waals surface area (Å²) >= 11 is 0. The first-order valence-corrected chi connectivity index (χ1v) is 10.3. The molecule has 0 atom stereocenters. The fraction of sp³-hybridized carbons (Fsp3) is 0.727. The number of ether oxygens (including phenoxy) is 1. The number of aryl methyl sites for hydroxylation is 1. The topological polar surface area (TPSA) is 21.3 Å². The molecule has 0 amide bonds. The average Bonchev–Trinajstić information content (AvgIpc) is 2.60. The Bertz CT molecular complexity index is 391. The number of hydrogen-bond donors (Lipinski definition) is 1. The lowest BCUT2D eigenvalue weighted by Crippen LogP contribution is -2.04. The van der Waals surface area contributed by atoms with Crippen molar-refractivity contribution in [3.05, 3.63) is 29.8 Å². The third-order valence-electron chi connectivity index (χ3n) is 4.46. The third-order valence-corrected chi connectivity index (χ3v) is 4.46. The average molecular weight is 334 g/mol. The Labute approximate surface area is 150 Å². The summed E-state index contributed by atoms with van der Waals surface area (Å²) in [7, 11) is 0. The third kappa shape index (κ3) is 10.7. The lowest BCUT2D eigenvalue weighted by Gasteiger charge is -2.11. The van der Waals surface area contributed by atoms with Crippen LogP contribution in [0.1, 0.15) is 83.6 Å². The highest BCUT2D eigenvalue weighted by Gasteiger charge is 1.99. The molecule has 1 aromatic carbocycles. The summed E-state index contributed by atoms with van der Waals surface area (Å²) in [6.45, 7) is 7.49. The van der Waals surface area contributed by atoms with E-state index in [1.165, 1.54) is 81.9 Å². The summed E-state index contributed by atoms with van der Waals surface area (Å²) in [4.78, 5) is 0. The van der Waals surface area contributed by atoms with Gasteiger partial charge in [-0.25, -0.2) is 0 Å². The zero-order valence-electron chi connectivity index (χ0n) is 16.1. The molecular formula is C22H39NO. The van der Waals surface area contributed by atoms with Gasteiger partial charge >= 0.3 is 0 Å². The Morgan fingerprint density at radius 3 is 2.17 bits per heavy atom. The highest BCUT2D eigenvalue weighted by Crippen LogP contribution is 2.17. The molecule has 138 valence electrons. The number of para-hydroxylation sites is 1. The highest BCUT2D eigenvalue weighted by atomic mass is 16.5. The van der Waals surface area contributed by atoms with Gasteiger partial charge in [-0.15, -0.1) is 0 Å². The zero-order chi connectivity index (χ0) is 17.3. The molecule has 1 rings (SSSR count). The van der Waals surface area contributed by atoms with Crippen molar-refractivity contribution in [1.29, 1.82) is 0 Å². The first-order chi connectivity index (χ1) is 11.9. The molecule has 0 unspecified atom stereocenters. The summed E-state index contributed by atoms with van der Waals surface area (Å²) in [5, 5.41) is 3.61. The smallest absolute Gasteiger partial charge is 0.0466 e. The van der Waals surface area contributed by atoms with E-state index in [4.69, 9.17) is 4.74 Å². The van der Waals surface area contributed by atoms with Crippen LogP contribution in [0, 0.1) is 0 Å². The van der Waals surface area contributed by atoms with E-state index >= 15 is 0 Å². The quantitative estimate of drug-likeness (QED) is 0.344. The van der Waals surface area contributed by atoms with Crippen LogP contribution in [0.4, 0.5) is 5.69 Å². The van der Waals surface area contributed by atoms with Gasteiger partial charge in [-0.2, -0.15) is 0 Å². The Morgan fingerprint density at radius 1 is 0.750 bits per heavy atom. The number of unbranched alkanes of at least 4 members (excludes halogenated alkanes) is 7. The number of hydrogen-bond acceptors (Lipinski definition) is 2. The molecule has 1 aromatic rings. The van der Waals surface area contributed by atoms with Crippen LogP contribution in [-0.2, 0) is 11.2 Å². The number of anilines is 1. The monoisotopic (exact) mass is 333 g/mol. The van der Waals surface area contributed by atoms with E-state index in [2.05, 4.69) is 43.4 Å². The molecule has 0 radical (unpaired) electrons. The van der Waals surface area contributed by atoms with Crippen LogP contribution in [-0.4, -0.2) is 19.8 Å². The molecule has 0 aliphatic heterocycles. The van der Waals surface area contributed by atoms with Crippen molar-refractivity contribution in [2.45, 2.75) is 84.5 Å². The predicted molar refractivity (Wildman–Crippen MR) is 107 cm³/mol. The van der Waals surface area contributed by atoms with Crippen molar-refractivity contribution in [2.75, 3.05) is 25.1 Å². The molecule has 0 heterocycles. The number of rotatable bonds is 16. The Hall–Kier alpha value is -1.02. The molecule has 0 bridgehead atoms. The fourth-order valence-corrected chi connectivity index (χ4v) is 3.00. The van der Waals surface area contributed by atoms with Gasteiger partial charge in [-0.05, 0) is 37.3 Å². The molecule has 0 saturated carbocycles. The van der Waals surface area contributed by atoms with Crippen LogP contribution in [0.15, 0.2) is 24.3 Å². The minimum atomic E-state index is 0.957.